The van der Waals surface area contributed by atoms with E-state index in [9.17, 15) is 0 Å². The van der Waals surface area contributed by atoms with Gasteiger partial charge in [-0.3, -0.25) is 0 Å². The Balaban J connectivity index is 0.000000688. The van der Waals surface area contributed by atoms with Crippen LogP contribution < -0.4 is 14.8 Å². The lowest BCUT2D eigenvalue weighted by atomic mass is 10.1. The highest BCUT2D eigenvalue weighted by atomic mass is 16.5. The summed E-state index contributed by atoms with van der Waals surface area (Å²) in [5.74, 6) is -1.95. The van der Waals surface area contributed by atoms with Crippen LogP contribution in [0.2, 0.25) is 0 Å². The molecule has 23 heavy (non-hydrogen) atoms. The summed E-state index contributed by atoms with van der Waals surface area (Å²) >= 11 is 0. The van der Waals surface area contributed by atoms with Gasteiger partial charge in [0.25, 0.3) is 0 Å². The summed E-state index contributed by atoms with van der Waals surface area (Å²) in [6.45, 7) is 3.49. The highest BCUT2D eigenvalue weighted by Gasteiger charge is 2.07. The van der Waals surface area contributed by atoms with Crippen molar-refractivity contribution in [3.8, 4) is 11.5 Å². The molecule has 8 nitrogen and oxygen atoms in total. The zero-order valence-electron chi connectivity index (χ0n) is 13.7. The van der Waals surface area contributed by atoms with Crippen molar-refractivity contribution in [3.63, 3.8) is 0 Å². The monoisotopic (exact) mass is 329 g/mol. The Bertz CT molecular complexity index is 493. The Kier molecular flexibility index (Phi) is 10.1. The lowest BCUT2D eigenvalue weighted by molar-refractivity contribution is -0.159. The summed E-state index contributed by atoms with van der Waals surface area (Å²) in [5, 5.41) is 18.1. The number of methoxy groups -OCH3 is 3. The molecule has 1 aromatic rings. The number of ether oxygens (including phenoxy) is 3. The van der Waals surface area contributed by atoms with Crippen molar-refractivity contribution < 1.29 is 34.0 Å². The Labute approximate surface area is 135 Å². The summed E-state index contributed by atoms with van der Waals surface area (Å²) in [5.41, 5.74) is 1.08. The minimum Gasteiger partial charge on any atom is -0.497 e. The third kappa shape index (κ3) is 8.64. The lowest BCUT2D eigenvalue weighted by Gasteiger charge is -2.15. The average molecular weight is 329 g/mol. The molecule has 0 amide bonds. The van der Waals surface area contributed by atoms with Crippen LogP contribution in [0.5, 0.6) is 11.5 Å². The molecule has 0 radical (unpaired) electrons. The Morgan fingerprint density at radius 3 is 2.17 bits per heavy atom. The number of nitrogens with one attached hydrogen (secondary N) is 1. The van der Waals surface area contributed by atoms with E-state index in [1.807, 2.05) is 18.2 Å². The maximum absolute atomic E-state index is 9.10. The number of hydrogen-bond donors (Lipinski definition) is 3. The fourth-order valence-corrected chi connectivity index (χ4v) is 1.61. The fraction of sp³-hybridized carbons (Fsp3) is 0.467. The molecule has 1 aromatic carbocycles. The molecule has 1 atom stereocenters. The molecule has 0 saturated heterocycles. The average Bonchev–Trinajstić information content (AvgIpc) is 2.53. The molecule has 0 heterocycles. The second-order valence-corrected chi connectivity index (χ2v) is 4.53. The van der Waals surface area contributed by atoms with Gasteiger partial charge in [-0.1, -0.05) is 0 Å². The summed E-state index contributed by atoms with van der Waals surface area (Å²) < 4.78 is 15.6. The Morgan fingerprint density at radius 1 is 1.13 bits per heavy atom. The van der Waals surface area contributed by atoms with Gasteiger partial charge in [0.15, 0.2) is 0 Å². The van der Waals surface area contributed by atoms with E-state index in [4.69, 9.17) is 34.0 Å². The van der Waals surface area contributed by atoms with E-state index < -0.39 is 11.9 Å². The number of carboxylic acids is 2. The van der Waals surface area contributed by atoms with Crippen LogP contribution in [0, 0.1) is 0 Å². The molecule has 8 heteroatoms. The third-order valence-electron chi connectivity index (χ3n) is 2.73. The molecule has 1 rings (SSSR count). The molecule has 0 aliphatic heterocycles. The van der Waals surface area contributed by atoms with E-state index in [1.54, 1.807) is 21.3 Å². The fourth-order valence-electron chi connectivity index (χ4n) is 1.61. The normalized spacial score (nSPS) is 11.0. The minimum atomic E-state index is -1.82. The van der Waals surface area contributed by atoms with Gasteiger partial charge in [0.1, 0.15) is 11.5 Å². The molecule has 0 fully saturated rings. The molecular weight excluding hydrogens is 306 g/mol. The van der Waals surface area contributed by atoms with Crippen molar-refractivity contribution in [1.29, 1.82) is 0 Å². The number of aliphatic carboxylic acids is 2. The summed E-state index contributed by atoms with van der Waals surface area (Å²) in [7, 11) is 5.03. The van der Waals surface area contributed by atoms with Gasteiger partial charge in [0, 0.05) is 25.3 Å². The molecule has 1 unspecified atom stereocenters. The number of carboxylic acid groups (broad SMARTS) is 2. The molecule has 0 bridgehead atoms. The first-order chi connectivity index (χ1) is 10.8. The second kappa shape index (κ2) is 11.3. The molecule has 0 aromatic heterocycles. The number of benzene rings is 1. The molecule has 0 saturated carbocycles. The summed E-state index contributed by atoms with van der Waals surface area (Å²) in [4.78, 5) is 18.2. The molecule has 0 aliphatic rings. The highest BCUT2D eigenvalue weighted by molar-refractivity contribution is 6.27. The van der Waals surface area contributed by atoms with Crippen molar-refractivity contribution in [2.45, 2.75) is 19.5 Å². The lowest BCUT2D eigenvalue weighted by Crippen LogP contribution is -2.29. The maximum atomic E-state index is 9.10. The summed E-state index contributed by atoms with van der Waals surface area (Å²) in [6.07, 6.45) is 0. The van der Waals surface area contributed by atoms with Crippen LogP contribution in [0.4, 0.5) is 0 Å². The predicted octanol–water partition coefficient (Wildman–Crippen LogP) is 0.984. The smallest absolute Gasteiger partial charge is 0.414 e. The van der Waals surface area contributed by atoms with Crippen molar-refractivity contribution >= 4 is 11.9 Å². The molecule has 3 N–H and O–H groups in total. The minimum absolute atomic E-state index is 0.302. The number of rotatable bonds is 7. The van der Waals surface area contributed by atoms with E-state index in [0.29, 0.717) is 12.6 Å². The van der Waals surface area contributed by atoms with E-state index in [-0.39, 0.29) is 0 Å². The molecule has 0 aliphatic carbocycles. The largest absolute Gasteiger partial charge is 0.497 e. The predicted molar refractivity (Wildman–Crippen MR) is 83.0 cm³/mol. The zero-order chi connectivity index (χ0) is 17.8. The van der Waals surface area contributed by atoms with Crippen molar-refractivity contribution in [2.24, 2.45) is 0 Å². The molecular formula is C15H23NO7. The summed E-state index contributed by atoms with van der Waals surface area (Å²) in [6, 6.07) is 6.08. The third-order valence-corrected chi connectivity index (χ3v) is 2.73. The van der Waals surface area contributed by atoms with Gasteiger partial charge in [-0.25, -0.2) is 9.59 Å². The second-order valence-electron chi connectivity index (χ2n) is 4.53. The van der Waals surface area contributed by atoms with Crippen LogP contribution in [0.25, 0.3) is 0 Å². The first kappa shape index (κ1) is 20.7. The van der Waals surface area contributed by atoms with Gasteiger partial charge in [0.2, 0.25) is 0 Å². The van der Waals surface area contributed by atoms with Gasteiger partial charge >= 0.3 is 11.9 Å². The molecule has 0 spiro atoms. The van der Waals surface area contributed by atoms with E-state index in [0.717, 1.165) is 23.6 Å². The van der Waals surface area contributed by atoms with Crippen molar-refractivity contribution in [1.82, 2.24) is 5.32 Å². The first-order valence-electron chi connectivity index (χ1n) is 6.75. The van der Waals surface area contributed by atoms with Gasteiger partial charge in [0.05, 0.1) is 20.8 Å². The van der Waals surface area contributed by atoms with Crippen LogP contribution >= 0.6 is 0 Å². The highest BCUT2D eigenvalue weighted by Crippen LogP contribution is 2.23. The maximum Gasteiger partial charge on any atom is 0.414 e. The van der Waals surface area contributed by atoms with Crippen LogP contribution in [-0.2, 0) is 20.9 Å². The number of carbonyl (C=O) groups is 2. The SMILES string of the molecule is COCC(C)NCc1cc(OC)ccc1OC.O=C(O)C(=O)O. The standard InChI is InChI=1S/C13H21NO3.C2H2O4/c1-10(9-15-2)14-8-11-7-12(16-3)5-6-13(11)17-4;3-1(4)2(5)6/h5-7,10,14H,8-9H2,1-4H3;(H,3,4)(H,5,6). The van der Waals surface area contributed by atoms with E-state index in [2.05, 4.69) is 12.2 Å². The van der Waals surface area contributed by atoms with Crippen LogP contribution in [0.3, 0.4) is 0 Å². The quantitative estimate of drug-likeness (QED) is 0.634. The van der Waals surface area contributed by atoms with Crippen molar-refractivity contribution in [3.05, 3.63) is 23.8 Å². The van der Waals surface area contributed by atoms with Crippen molar-refractivity contribution in [2.75, 3.05) is 27.9 Å². The molecule has 130 valence electrons. The van der Waals surface area contributed by atoms with E-state index in [1.165, 1.54) is 0 Å². The van der Waals surface area contributed by atoms with Gasteiger partial charge in [-0.15, -0.1) is 0 Å². The first-order valence-corrected chi connectivity index (χ1v) is 6.75. The Morgan fingerprint density at radius 2 is 1.74 bits per heavy atom. The number of hydrogen-bond acceptors (Lipinski definition) is 6. The zero-order valence-corrected chi connectivity index (χ0v) is 13.7. The van der Waals surface area contributed by atoms with Crippen LogP contribution in [0.1, 0.15) is 12.5 Å². The van der Waals surface area contributed by atoms with E-state index >= 15 is 0 Å². The van der Waals surface area contributed by atoms with Gasteiger partial charge in [-0.2, -0.15) is 0 Å². The van der Waals surface area contributed by atoms with Crippen LogP contribution in [-0.4, -0.2) is 56.1 Å². The topological polar surface area (TPSA) is 114 Å². The van der Waals surface area contributed by atoms with Gasteiger partial charge < -0.3 is 29.7 Å². The Hall–Kier alpha value is -2.32. The van der Waals surface area contributed by atoms with Gasteiger partial charge in [-0.05, 0) is 25.1 Å². The van der Waals surface area contributed by atoms with Crippen LogP contribution in [0.15, 0.2) is 18.2 Å².